The number of carbonyl (C=O) groups is 2. The number of likely N-dealkylation sites (tertiary alicyclic amines) is 1. The van der Waals surface area contributed by atoms with Crippen molar-refractivity contribution >= 4 is 22.7 Å². The molecule has 2 aromatic carbocycles. The summed E-state index contributed by atoms with van der Waals surface area (Å²) < 4.78 is 25.2. The molecule has 1 saturated carbocycles. The molecule has 1 saturated heterocycles. The molecule has 0 radical (unpaired) electrons. The Morgan fingerprint density at radius 3 is 2.41 bits per heavy atom. The molecule has 1 unspecified atom stereocenters. The number of benzene rings is 2. The van der Waals surface area contributed by atoms with Gasteiger partial charge < -0.3 is 14.6 Å². The Hall–Kier alpha value is -2.67. The quantitative estimate of drug-likeness (QED) is 0.554. The second-order valence-electron chi connectivity index (χ2n) is 9.73. The number of ether oxygens (including phenoxy) is 2. The highest BCUT2D eigenvalue weighted by Crippen LogP contribution is 2.35. The van der Waals surface area contributed by atoms with Gasteiger partial charge in [-0.25, -0.2) is 4.39 Å². The summed E-state index contributed by atoms with van der Waals surface area (Å²) in [5, 5.41) is 11.6. The number of nitrogens with zero attached hydrogens (tertiary/aromatic N) is 1. The van der Waals surface area contributed by atoms with Crippen molar-refractivity contribution in [1.82, 2.24) is 4.90 Å². The number of carboxylic acids is 1. The van der Waals surface area contributed by atoms with Gasteiger partial charge in [0.2, 0.25) is 0 Å². The van der Waals surface area contributed by atoms with Crippen LogP contribution in [0.3, 0.4) is 0 Å². The fourth-order valence-electron chi connectivity index (χ4n) is 5.41. The second-order valence-corrected chi connectivity index (χ2v) is 9.73. The van der Waals surface area contributed by atoms with Crippen LogP contribution in [0, 0.1) is 11.8 Å². The van der Waals surface area contributed by atoms with Gasteiger partial charge in [-0.3, -0.25) is 14.5 Å². The lowest BCUT2D eigenvalue weighted by atomic mass is 9.89. The molecule has 0 aromatic heterocycles. The third-order valence-electron chi connectivity index (χ3n) is 7.48. The molecule has 184 valence electrons. The first-order chi connectivity index (χ1) is 16.4. The predicted octanol–water partition coefficient (Wildman–Crippen LogP) is 5.28. The number of hydrogen-bond donors (Lipinski definition) is 1. The van der Waals surface area contributed by atoms with E-state index in [0.29, 0.717) is 48.7 Å². The molecule has 34 heavy (non-hydrogen) atoms. The largest absolute Gasteiger partial charge is 0.490 e. The summed E-state index contributed by atoms with van der Waals surface area (Å²) in [6.07, 6.45) is 5.46. The Kier molecular flexibility index (Phi) is 7.71. The molecular formula is C27H34FNO5. The van der Waals surface area contributed by atoms with Crippen molar-refractivity contribution in [3.63, 3.8) is 0 Å². The zero-order valence-electron chi connectivity index (χ0n) is 20.0. The number of carbonyl (C=O) groups excluding carboxylic acids is 1. The van der Waals surface area contributed by atoms with E-state index in [9.17, 15) is 19.1 Å². The minimum absolute atomic E-state index is 0.113. The summed E-state index contributed by atoms with van der Waals surface area (Å²) in [4.78, 5) is 25.9. The van der Waals surface area contributed by atoms with Crippen LogP contribution >= 0.6 is 0 Å². The predicted molar refractivity (Wildman–Crippen MR) is 127 cm³/mol. The van der Waals surface area contributed by atoms with Crippen LogP contribution in [0.2, 0.25) is 0 Å². The van der Waals surface area contributed by atoms with Gasteiger partial charge in [0.15, 0.2) is 0 Å². The van der Waals surface area contributed by atoms with Crippen LogP contribution in [0.5, 0.6) is 5.75 Å². The summed E-state index contributed by atoms with van der Waals surface area (Å²) in [5.41, 5.74) is 1.17. The van der Waals surface area contributed by atoms with Crippen molar-refractivity contribution in [3.05, 3.63) is 41.5 Å². The van der Waals surface area contributed by atoms with Crippen molar-refractivity contribution in [2.24, 2.45) is 11.8 Å². The molecule has 6 nitrogen and oxygen atoms in total. The van der Waals surface area contributed by atoms with E-state index in [-0.39, 0.29) is 18.0 Å². The van der Waals surface area contributed by atoms with Crippen LogP contribution in [0.25, 0.3) is 10.8 Å². The number of rotatable bonds is 7. The van der Waals surface area contributed by atoms with Crippen LogP contribution in [0.15, 0.2) is 30.3 Å². The number of alkyl halides is 1. The van der Waals surface area contributed by atoms with Crippen molar-refractivity contribution in [2.45, 2.75) is 64.3 Å². The molecule has 2 aromatic rings. The van der Waals surface area contributed by atoms with Gasteiger partial charge in [-0.2, -0.15) is 0 Å². The SMILES string of the molecule is COC(=O)C1CCN(C(C(=O)O)c2ccc3c(CF)c(O[C@H]4CC[C@@H](C)CC4)ccc3c2)CC1. The molecule has 0 amide bonds. The highest BCUT2D eigenvalue weighted by atomic mass is 19.1. The average molecular weight is 472 g/mol. The lowest BCUT2D eigenvalue weighted by Crippen LogP contribution is -2.41. The normalized spacial score (nSPS) is 22.9. The lowest BCUT2D eigenvalue weighted by molar-refractivity contribution is -0.148. The average Bonchev–Trinajstić information content (AvgIpc) is 2.85. The van der Waals surface area contributed by atoms with Gasteiger partial charge >= 0.3 is 11.9 Å². The number of hydrogen-bond acceptors (Lipinski definition) is 5. The highest BCUT2D eigenvalue weighted by Gasteiger charge is 2.33. The van der Waals surface area contributed by atoms with E-state index < -0.39 is 18.7 Å². The zero-order valence-corrected chi connectivity index (χ0v) is 20.0. The van der Waals surface area contributed by atoms with Gasteiger partial charge in [0.05, 0.1) is 19.1 Å². The van der Waals surface area contributed by atoms with E-state index in [1.54, 1.807) is 6.07 Å². The first-order valence-electron chi connectivity index (χ1n) is 12.2. The number of aliphatic carboxylic acids is 1. The van der Waals surface area contributed by atoms with E-state index in [0.717, 1.165) is 36.5 Å². The van der Waals surface area contributed by atoms with E-state index in [2.05, 4.69) is 6.92 Å². The zero-order chi connectivity index (χ0) is 24.2. The minimum atomic E-state index is -0.937. The second kappa shape index (κ2) is 10.7. The van der Waals surface area contributed by atoms with Gasteiger partial charge in [-0.15, -0.1) is 0 Å². The third-order valence-corrected chi connectivity index (χ3v) is 7.48. The third kappa shape index (κ3) is 5.19. The molecule has 2 fully saturated rings. The van der Waals surface area contributed by atoms with E-state index in [4.69, 9.17) is 9.47 Å². The molecule has 1 aliphatic carbocycles. The number of carboxylic acid groups (broad SMARTS) is 1. The van der Waals surface area contributed by atoms with E-state index in [1.807, 2.05) is 29.2 Å². The monoisotopic (exact) mass is 471 g/mol. The van der Waals surface area contributed by atoms with E-state index in [1.165, 1.54) is 7.11 Å². The van der Waals surface area contributed by atoms with Crippen LogP contribution in [0.4, 0.5) is 4.39 Å². The Morgan fingerprint density at radius 1 is 1.09 bits per heavy atom. The fraction of sp³-hybridized carbons (Fsp3) is 0.556. The van der Waals surface area contributed by atoms with Crippen molar-refractivity contribution in [2.75, 3.05) is 20.2 Å². The van der Waals surface area contributed by atoms with Crippen molar-refractivity contribution in [1.29, 1.82) is 0 Å². The van der Waals surface area contributed by atoms with Gasteiger partial charge in [0.25, 0.3) is 0 Å². The maximum atomic E-state index is 14.1. The molecule has 1 N–H and O–H groups in total. The maximum Gasteiger partial charge on any atom is 0.325 e. The standard InChI is InChI=1S/C27H34FNO5/c1-17-3-7-21(8-4-17)34-24-10-6-19-15-20(5-9-22(19)23(24)16-28)25(26(30)31)29-13-11-18(12-14-29)27(32)33-2/h5-6,9-10,15,17-18,21,25H,3-4,7-8,11-14,16H2,1-2H3,(H,30,31)/t17-,21+,25?. The van der Waals surface area contributed by atoms with Crippen LogP contribution < -0.4 is 4.74 Å². The molecule has 4 rings (SSSR count). The van der Waals surface area contributed by atoms with Crippen LogP contribution in [-0.4, -0.2) is 48.2 Å². The molecule has 2 aliphatic rings. The summed E-state index contributed by atoms with van der Waals surface area (Å²) in [6.45, 7) is 2.61. The first kappa shape index (κ1) is 24.5. The van der Waals surface area contributed by atoms with Crippen molar-refractivity contribution < 1.29 is 28.6 Å². The summed E-state index contributed by atoms with van der Waals surface area (Å²) in [6, 6.07) is 8.31. The van der Waals surface area contributed by atoms with Crippen LogP contribution in [0.1, 0.15) is 62.6 Å². The topological polar surface area (TPSA) is 76.1 Å². The van der Waals surface area contributed by atoms with Gasteiger partial charge in [0, 0.05) is 18.7 Å². The van der Waals surface area contributed by atoms with Crippen molar-refractivity contribution in [3.8, 4) is 5.75 Å². The lowest BCUT2D eigenvalue weighted by Gasteiger charge is -2.35. The Labute approximate surface area is 200 Å². The minimum Gasteiger partial charge on any atom is -0.490 e. The number of methoxy groups -OCH3 is 1. The molecule has 1 aliphatic heterocycles. The van der Waals surface area contributed by atoms with E-state index >= 15 is 0 Å². The number of piperidine rings is 1. The smallest absolute Gasteiger partial charge is 0.325 e. The van der Waals surface area contributed by atoms with Crippen LogP contribution in [-0.2, 0) is 21.0 Å². The molecule has 0 bridgehead atoms. The summed E-state index contributed by atoms with van der Waals surface area (Å²) >= 11 is 0. The van der Waals surface area contributed by atoms with Gasteiger partial charge in [0.1, 0.15) is 18.5 Å². The summed E-state index contributed by atoms with van der Waals surface area (Å²) in [7, 11) is 1.38. The molecular weight excluding hydrogens is 437 g/mol. The first-order valence-corrected chi connectivity index (χ1v) is 12.2. The number of fused-ring (bicyclic) bond motifs is 1. The van der Waals surface area contributed by atoms with Gasteiger partial charge in [-0.1, -0.05) is 25.1 Å². The Balaban J connectivity index is 1.56. The summed E-state index contributed by atoms with van der Waals surface area (Å²) in [5.74, 6) is -0.0686. The fourth-order valence-corrected chi connectivity index (χ4v) is 5.41. The number of halogens is 1. The molecule has 1 atom stereocenters. The maximum absolute atomic E-state index is 14.1. The molecule has 7 heteroatoms. The molecule has 1 heterocycles. The Bertz CT molecular complexity index is 1030. The number of esters is 1. The molecule has 0 spiro atoms. The highest BCUT2D eigenvalue weighted by molar-refractivity contribution is 5.89. The Morgan fingerprint density at radius 2 is 1.79 bits per heavy atom. The van der Waals surface area contributed by atoms with Gasteiger partial charge in [-0.05, 0) is 72.9 Å².